The predicted molar refractivity (Wildman–Crippen MR) is 122 cm³/mol. The topological polar surface area (TPSA) is 75.7 Å². The standard InChI is InChI=1S/C23H20N2O4S2/c26-20(18-9-4-12-30-18)19-16-7-1-2-8-17(16)31-22(19)24-21(27)14-5-3-6-15(13-14)25-10-11-29-23(25)28/h3-6,9,12-13H,1-2,7-8,10-11H2,(H,24,27). The maximum Gasteiger partial charge on any atom is 0.414 e. The molecule has 0 atom stereocenters. The third-order valence-electron chi connectivity index (χ3n) is 5.55. The minimum absolute atomic E-state index is 0.0294. The molecule has 5 rings (SSSR count). The van der Waals surface area contributed by atoms with Crippen LogP contribution in [0.25, 0.3) is 0 Å². The highest BCUT2D eigenvalue weighted by Crippen LogP contribution is 2.40. The van der Waals surface area contributed by atoms with Crippen molar-refractivity contribution in [1.82, 2.24) is 0 Å². The summed E-state index contributed by atoms with van der Waals surface area (Å²) in [6.07, 6.45) is 3.54. The maximum atomic E-state index is 13.3. The summed E-state index contributed by atoms with van der Waals surface area (Å²) in [6, 6.07) is 10.6. The van der Waals surface area contributed by atoms with Gasteiger partial charge in [-0.05, 0) is 60.9 Å². The van der Waals surface area contributed by atoms with Crippen LogP contribution in [0.3, 0.4) is 0 Å². The highest BCUT2D eigenvalue weighted by molar-refractivity contribution is 7.17. The second-order valence-corrected chi connectivity index (χ2v) is 9.54. The van der Waals surface area contributed by atoms with Crippen LogP contribution in [0.1, 0.15) is 48.9 Å². The zero-order valence-electron chi connectivity index (χ0n) is 16.7. The lowest BCUT2D eigenvalue weighted by Gasteiger charge is -2.14. The summed E-state index contributed by atoms with van der Waals surface area (Å²) in [5, 5.41) is 5.48. The Labute approximate surface area is 187 Å². The molecule has 0 bridgehead atoms. The molecule has 1 aromatic carbocycles. The van der Waals surface area contributed by atoms with Crippen molar-refractivity contribution >= 4 is 51.1 Å². The number of ether oxygens (including phenoxy) is 1. The first-order valence-corrected chi connectivity index (χ1v) is 11.9. The van der Waals surface area contributed by atoms with Gasteiger partial charge in [-0.15, -0.1) is 22.7 Å². The van der Waals surface area contributed by atoms with E-state index in [-0.39, 0.29) is 11.7 Å². The largest absolute Gasteiger partial charge is 0.447 e. The Morgan fingerprint density at radius 2 is 1.97 bits per heavy atom. The molecule has 3 aromatic rings. The van der Waals surface area contributed by atoms with E-state index in [1.54, 1.807) is 24.3 Å². The van der Waals surface area contributed by atoms with Crippen LogP contribution in [0.5, 0.6) is 0 Å². The lowest BCUT2D eigenvalue weighted by Crippen LogP contribution is -2.23. The number of thiophene rings is 2. The second-order valence-electron chi connectivity index (χ2n) is 7.49. The van der Waals surface area contributed by atoms with Gasteiger partial charge in [-0.1, -0.05) is 12.1 Å². The average Bonchev–Trinajstić information content (AvgIpc) is 3.53. The third kappa shape index (κ3) is 3.77. The van der Waals surface area contributed by atoms with E-state index in [0.717, 1.165) is 31.2 Å². The van der Waals surface area contributed by atoms with E-state index in [2.05, 4.69) is 5.32 Å². The molecule has 3 heterocycles. The first-order valence-electron chi connectivity index (χ1n) is 10.2. The van der Waals surface area contributed by atoms with Gasteiger partial charge in [0.25, 0.3) is 5.91 Å². The van der Waals surface area contributed by atoms with Crippen LogP contribution in [0, 0.1) is 0 Å². The molecule has 0 unspecified atom stereocenters. The Bertz CT molecular complexity index is 1170. The number of hydrogen-bond acceptors (Lipinski definition) is 6. The van der Waals surface area contributed by atoms with Gasteiger partial charge in [0.15, 0.2) is 0 Å². The minimum atomic E-state index is -0.410. The number of carbonyl (C=O) groups excluding carboxylic acids is 3. The summed E-state index contributed by atoms with van der Waals surface area (Å²) in [5.74, 6) is -0.327. The van der Waals surface area contributed by atoms with Gasteiger partial charge in [-0.2, -0.15) is 0 Å². The molecule has 1 aliphatic carbocycles. The first kappa shape index (κ1) is 20.0. The van der Waals surface area contributed by atoms with Gasteiger partial charge < -0.3 is 10.1 Å². The van der Waals surface area contributed by atoms with E-state index < -0.39 is 6.09 Å². The van der Waals surface area contributed by atoms with Crippen LogP contribution in [0.2, 0.25) is 0 Å². The molecular weight excluding hydrogens is 432 g/mol. The quantitative estimate of drug-likeness (QED) is 0.545. The zero-order valence-corrected chi connectivity index (χ0v) is 18.3. The summed E-state index contributed by atoms with van der Waals surface area (Å²) in [5.41, 5.74) is 2.77. The minimum Gasteiger partial charge on any atom is -0.447 e. The highest BCUT2D eigenvalue weighted by atomic mass is 32.1. The molecule has 8 heteroatoms. The predicted octanol–water partition coefficient (Wildman–Crippen LogP) is 5.13. The number of benzene rings is 1. The molecule has 6 nitrogen and oxygen atoms in total. The number of cyclic esters (lactones) is 1. The van der Waals surface area contributed by atoms with E-state index in [0.29, 0.717) is 39.8 Å². The fourth-order valence-corrected chi connectivity index (χ4v) is 6.00. The molecule has 1 saturated heterocycles. The zero-order chi connectivity index (χ0) is 21.4. The van der Waals surface area contributed by atoms with Crippen LogP contribution in [0.15, 0.2) is 41.8 Å². The number of carbonyl (C=O) groups is 3. The molecular formula is C23H20N2O4S2. The summed E-state index contributed by atoms with van der Waals surface area (Å²) in [4.78, 5) is 41.6. The van der Waals surface area contributed by atoms with Gasteiger partial charge >= 0.3 is 6.09 Å². The number of nitrogens with zero attached hydrogens (tertiary/aromatic N) is 1. The van der Waals surface area contributed by atoms with Crippen molar-refractivity contribution in [2.45, 2.75) is 25.7 Å². The number of amides is 2. The Morgan fingerprint density at radius 3 is 2.74 bits per heavy atom. The molecule has 2 aliphatic rings. The van der Waals surface area contributed by atoms with Gasteiger partial charge in [-0.3, -0.25) is 14.5 Å². The molecule has 2 amide bonds. The van der Waals surface area contributed by atoms with Crippen LogP contribution in [0.4, 0.5) is 15.5 Å². The van der Waals surface area contributed by atoms with Gasteiger partial charge in [0.2, 0.25) is 5.78 Å². The number of nitrogens with one attached hydrogen (secondary N) is 1. The van der Waals surface area contributed by atoms with E-state index in [1.165, 1.54) is 32.5 Å². The van der Waals surface area contributed by atoms with E-state index in [1.807, 2.05) is 17.5 Å². The molecule has 0 saturated carbocycles. The van der Waals surface area contributed by atoms with Crippen molar-refractivity contribution in [3.63, 3.8) is 0 Å². The molecule has 31 heavy (non-hydrogen) atoms. The smallest absolute Gasteiger partial charge is 0.414 e. The van der Waals surface area contributed by atoms with Crippen LogP contribution in [-0.4, -0.2) is 30.9 Å². The van der Waals surface area contributed by atoms with Crippen LogP contribution in [-0.2, 0) is 17.6 Å². The molecule has 2 aromatic heterocycles. The molecule has 1 N–H and O–H groups in total. The third-order valence-corrected chi connectivity index (χ3v) is 7.63. The summed E-state index contributed by atoms with van der Waals surface area (Å²) >= 11 is 2.92. The molecule has 0 radical (unpaired) electrons. The van der Waals surface area contributed by atoms with E-state index >= 15 is 0 Å². The normalized spacial score (nSPS) is 15.5. The van der Waals surface area contributed by atoms with Crippen molar-refractivity contribution in [2.75, 3.05) is 23.4 Å². The number of ketones is 1. The van der Waals surface area contributed by atoms with Crippen molar-refractivity contribution in [2.24, 2.45) is 0 Å². The summed E-state index contributed by atoms with van der Waals surface area (Å²) < 4.78 is 4.99. The molecule has 0 spiro atoms. The highest BCUT2D eigenvalue weighted by Gasteiger charge is 2.28. The number of aryl methyl sites for hydroxylation is 1. The Morgan fingerprint density at radius 1 is 1.10 bits per heavy atom. The lowest BCUT2D eigenvalue weighted by atomic mass is 9.93. The number of rotatable bonds is 5. The number of anilines is 2. The van der Waals surface area contributed by atoms with E-state index in [4.69, 9.17) is 4.74 Å². The van der Waals surface area contributed by atoms with Gasteiger partial charge in [-0.25, -0.2) is 4.79 Å². The van der Waals surface area contributed by atoms with Crippen molar-refractivity contribution in [1.29, 1.82) is 0 Å². The van der Waals surface area contributed by atoms with Crippen molar-refractivity contribution < 1.29 is 19.1 Å². The monoisotopic (exact) mass is 452 g/mol. The van der Waals surface area contributed by atoms with Crippen molar-refractivity contribution in [3.8, 4) is 0 Å². The molecule has 1 aliphatic heterocycles. The van der Waals surface area contributed by atoms with Gasteiger partial charge in [0.05, 0.1) is 17.0 Å². The maximum absolute atomic E-state index is 13.3. The number of fused-ring (bicyclic) bond motifs is 1. The number of hydrogen-bond donors (Lipinski definition) is 1. The second kappa shape index (κ2) is 8.28. The summed E-state index contributed by atoms with van der Waals surface area (Å²) in [6.45, 7) is 0.797. The Kier molecular flexibility index (Phi) is 5.33. The molecule has 158 valence electrons. The average molecular weight is 453 g/mol. The van der Waals surface area contributed by atoms with Crippen molar-refractivity contribution in [3.05, 3.63) is 68.2 Å². The first-order chi connectivity index (χ1) is 15.1. The Hall–Kier alpha value is -2.97. The fraction of sp³-hybridized carbons (Fsp3) is 0.261. The van der Waals surface area contributed by atoms with Gasteiger partial charge in [0, 0.05) is 16.1 Å². The van der Waals surface area contributed by atoms with E-state index in [9.17, 15) is 14.4 Å². The van der Waals surface area contributed by atoms with Crippen LogP contribution >= 0.6 is 22.7 Å². The Balaban J connectivity index is 1.46. The van der Waals surface area contributed by atoms with Crippen LogP contribution < -0.4 is 10.2 Å². The lowest BCUT2D eigenvalue weighted by molar-refractivity contribution is 0.102. The molecule has 1 fully saturated rings. The summed E-state index contributed by atoms with van der Waals surface area (Å²) in [7, 11) is 0. The SMILES string of the molecule is O=C(Nc1sc2c(c1C(=O)c1cccs1)CCCC2)c1cccc(N2CCOC2=O)c1. The fourth-order valence-electron chi connectivity index (χ4n) is 4.04. The van der Waals surface area contributed by atoms with Gasteiger partial charge in [0.1, 0.15) is 11.6 Å².